The number of rotatable bonds is 11. The van der Waals surface area contributed by atoms with Crippen LogP contribution in [0.25, 0.3) is 0 Å². The Bertz CT molecular complexity index is 807. The molecule has 1 fully saturated rings. The van der Waals surface area contributed by atoms with Gasteiger partial charge in [0, 0.05) is 19.8 Å². The fourth-order valence-electron chi connectivity index (χ4n) is 3.88. The summed E-state index contributed by atoms with van der Waals surface area (Å²) in [7, 11) is 1.56. The normalized spacial score (nSPS) is 16.1. The molecule has 10 nitrogen and oxygen atoms in total. The van der Waals surface area contributed by atoms with E-state index in [-0.39, 0.29) is 30.7 Å². The van der Waals surface area contributed by atoms with Crippen LogP contribution in [0.1, 0.15) is 56.7 Å². The number of pyridine rings is 1. The molecule has 6 N–H and O–H groups in total. The summed E-state index contributed by atoms with van der Waals surface area (Å²) in [5.41, 5.74) is 6.48. The summed E-state index contributed by atoms with van der Waals surface area (Å²) in [6.45, 7) is 1.55. The number of amidine groups is 1. The smallest absolute Gasteiger partial charge is 0.317 e. The van der Waals surface area contributed by atoms with Crippen molar-refractivity contribution in [2.24, 2.45) is 11.7 Å². The summed E-state index contributed by atoms with van der Waals surface area (Å²) in [6.07, 6.45) is 7.62. The molecule has 0 bridgehead atoms. The first kappa shape index (κ1) is 25.3. The second kappa shape index (κ2) is 12.1. The summed E-state index contributed by atoms with van der Waals surface area (Å²) < 4.78 is 0. The Kier molecular flexibility index (Phi) is 9.58. The lowest BCUT2D eigenvalue weighted by molar-refractivity contribution is -0.141. The zero-order valence-electron chi connectivity index (χ0n) is 18.8. The van der Waals surface area contributed by atoms with E-state index in [1.54, 1.807) is 26.1 Å². The molecule has 0 radical (unpaired) electrons. The molecule has 0 spiro atoms. The molecule has 0 unspecified atom stereocenters. The zero-order valence-corrected chi connectivity index (χ0v) is 18.8. The molecular formula is C22H34N6O4. The number of aliphatic carboxylic acids is 1. The van der Waals surface area contributed by atoms with E-state index in [2.05, 4.69) is 15.6 Å². The molecule has 2 atom stereocenters. The molecule has 1 heterocycles. The van der Waals surface area contributed by atoms with E-state index >= 15 is 0 Å². The van der Waals surface area contributed by atoms with E-state index in [0.717, 1.165) is 31.2 Å². The van der Waals surface area contributed by atoms with Gasteiger partial charge in [0.2, 0.25) is 11.8 Å². The molecular weight excluding hydrogens is 412 g/mol. The highest BCUT2D eigenvalue weighted by Gasteiger charge is 2.30. The molecule has 32 heavy (non-hydrogen) atoms. The van der Waals surface area contributed by atoms with Gasteiger partial charge in [0.15, 0.2) is 0 Å². The standard InChI is InChI=1S/C22H34N6O4/c1-14(21(31)27-12-16-8-9-17(20(23)24)25-11-16)28(2)22(32)18(26-13-19(29)30)10-15-6-4-3-5-7-15/h8-9,11,14-15,18,26H,3-7,10,12-13H2,1-2H3,(H3,23,24)(H,27,31)(H,29,30)/t14-,18+/m0/s1. The first-order valence-corrected chi connectivity index (χ1v) is 11.0. The highest BCUT2D eigenvalue weighted by Crippen LogP contribution is 2.27. The fourth-order valence-corrected chi connectivity index (χ4v) is 3.88. The molecule has 2 rings (SSSR count). The molecule has 0 aromatic carbocycles. The van der Waals surface area contributed by atoms with E-state index < -0.39 is 18.1 Å². The first-order chi connectivity index (χ1) is 15.2. The van der Waals surface area contributed by atoms with Crippen molar-refractivity contribution in [1.82, 2.24) is 20.5 Å². The number of carbonyl (C=O) groups excluding carboxylic acids is 2. The van der Waals surface area contributed by atoms with Crippen LogP contribution < -0.4 is 16.4 Å². The van der Waals surface area contributed by atoms with Crippen LogP contribution in [0.4, 0.5) is 0 Å². The van der Waals surface area contributed by atoms with Gasteiger partial charge in [-0.25, -0.2) is 0 Å². The van der Waals surface area contributed by atoms with Gasteiger partial charge >= 0.3 is 5.97 Å². The Balaban J connectivity index is 1.95. The van der Waals surface area contributed by atoms with Crippen molar-refractivity contribution in [2.75, 3.05) is 13.6 Å². The second-order valence-corrected chi connectivity index (χ2v) is 8.38. The highest BCUT2D eigenvalue weighted by molar-refractivity contribution is 5.93. The average Bonchev–Trinajstić information content (AvgIpc) is 2.79. The number of carboxylic acids is 1. The Morgan fingerprint density at radius 2 is 1.97 bits per heavy atom. The number of likely N-dealkylation sites (N-methyl/N-ethyl adjacent to an activating group) is 1. The van der Waals surface area contributed by atoms with Crippen molar-refractivity contribution in [1.29, 1.82) is 5.41 Å². The Hall–Kier alpha value is -3.01. The first-order valence-electron chi connectivity index (χ1n) is 11.0. The van der Waals surface area contributed by atoms with E-state index in [4.69, 9.17) is 16.2 Å². The molecule has 1 aliphatic carbocycles. The van der Waals surface area contributed by atoms with Gasteiger partial charge in [0.25, 0.3) is 0 Å². The molecule has 1 aromatic heterocycles. The molecule has 1 aliphatic rings. The molecule has 1 saturated carbocycles. The number of hydrogen-bond donors (Lipinski definition) is 5. The van der Waals surface area contributed by atoms with Crippen LogP contribution in [0.2, 0.25) is 0 Å². The van der Waals surface area contributed by atoms with Crippen molar-refractivity contribution in [2.45, 2.75) is 64.1 Å². The summed E-state index contributed by atoms with van der Waals surface area (Å²) in [6, 6.07) is 1.96. The van der Waals surface area contributed by atoms with Crippen LogP contribution in [-0.4, -0.2) is 64.3 Å². The van der Waals surface area contributed by atoms with E-state index in [1.165, 1.54) is 17.5 Å². The number of carboxylic acid groups (broad SMARTS) is 1. The van der Waals surface area contributed by atoms with Gasteiger partial charge in [-0.15, -0.1) is 0 Å². The van der Waals surface area contributed by atoms with E-state index in [9.17, 15) is 14.4 Å². The number of nitrogen functional groups attached to an aromatic ring is 1. The summed E-state index contributed by atoms with van der Waals surface area (Å²) in [4.78, 5) is 42.2. The number of hydrogen-bond acceptors (Lipinski definition) is 6. The van der Waals surface area contributed by atoms with Crippen LogP contribution in [-0.2, 0) is 20.9 Å². The van der Waals surface area contributed by atoms with Gasteiger partial charge in [0.05, 0.1) is 12.6 Å². The number of nitrogens with two attached hydrogens (primary N) is 1. The van der Waals surface area contributed by atoms with Gasteiger partial charge in [0.1, 0.15) is 17.6 Å². The zero-order chi connectivity index (χ0) is 23.7. The van der Waals surface area contributed by atoms with Crippen LogP contribution in [0, 0.1) is 11.3 Å². The monoisotopic (exact) mass is 446 g/mol. The highest BCUT2D eigenvalue weighted by atomic mass is 16.4. The molecule has 176 valence electrons. The number of nitrogens with one attached hydrogen (secondary N) is 3. The predicted molar refractivity (Wildman–Crippen MR) is 120 cm³/mol. The van der Waals surface area contributed by atoms with Gasteiger partial charge in [-0.2, -0.15) is 0 Å². The average molecular weight is 447 g/mol. The lowest BCUT2D eigenvalue weighted by Crippen LogP contribution is -2.53. The third-order valence-electron chi connectivity index (χ3n) is 5.97. The lowest BCUT2D eigenvalue weighted by atomic mass is 9.84. The van der Waals surface area contributed by atoms with Crippen molar-refractivity contribution in [3.63, 3.8) is 0 Å². The maximum atomic E-state index is 13.1. The van der Waals surface area contributed by atoms with Crippen molar-refractivity contribution in [3.8, 4) is 0 Å². The van der Waals surface area contributed by atoms with Crippen LogP contribution in [0.5, 0.6) is 0 Å². The van der Waals surface area contributed by atoms with Crippen LogP contribution in [0.3, 0.4) is 0 Å². The maximum Gasteiger partial charge on any atom is 0.317 e. The topological polar surface area (TPSA) is 161 Å². The van der Waals surface area contributed by atoms with Gasteiger partial charge < -0.3 is 21.1 Å². The Morgan fingerprint density at radius 3 is 2.53 bits per heavy atom. The van der Waals surface area contributed by atoms with Gasteiger partial charge in [-0.05, 0) is 30.9 Å². The van der Waals surface area contributed by atoms with Crippen molar-refractivity contribution < 1.29 is 19.5 Å². The molecule has 0 saturated heterocycles. The van der Waals surface area contributed by atoms with Gasteiger partial charge in [-0.3, -0.25) is 30.1 Å². The van der Waals surface area contributed by atoms with Crippen LogP contribution in [0.15, 0.2) is 18.3 Å². The number of aromatic nitrogens is 1. The second-order valence-electron chi connectivity index (χ2n) is 8.38. The summed E-state index contributed by atoms with van der Waals surface area (Å²) >= 11 is 0. The lowest BCUT2D eigenvalue weighted by Gasteiger charge is -2.31. The number of carbonyl (C=O) groups is 3. The Morgan fingerprint density at radius 1 is 1.28 bits per heavy atom. The minimum atomic E-state index is -1.02. The molecule has 0 aliphatic heterocycles. The van der Waals surface area contributed by atoms with E-state index in [0.29, 0.717) is 18.0 Å². The predicted octanol–water partition coefficient (Wildman–Crippen LogP) is 0.842. The minimum Gasteiger partial charge on any atom is -0.480 e. The van der Waals surface area contributed by atoms with Gasteiger partial charge in [-0.1, -0.05) is 38.2 Å². The third kappa shape index (κ3) is 7.60. The van der Waals surface area contributed by atoms with Crippen molar-refractivity contribution in [3.05, 3.63) is 29.6 Å². The van der Waals surface area contributed by atoms with Crippen molar-refractivity contribution >= 4 is 23.6 Å². The quantitative estimate of drug-likeness (QED) is 0.248. The summed E-state index contributed by atoms with van der Waals surface area (Å²) in [5, 5.41) is 22.0. The number of nitrogens with zero attached hydrogens (tertiary/aromatic N) is 2. The molecule has 1 aromatic rings. The largest absolute Gasteiger partial charge is 0.480 e. The summed E-state index contributed by atoms with van der Waals surface area (Å²) in [5.74, 6) is -1.39. The fraction of sp³-hybridized carbons (Fsp3) is 0.591. The van der Waals surface area contributed by atoms with E-state index in [1.807, 2.05) is 0 Å². The molecule has 10 heteroatoms. The van der Waals surface area contributed by atoms with Crippen LogP contribution >= 0.6 is 0 Å². The Labute approximate surface area is 188 Å². The minimum absolute atomic E-state index is 0.131. The third-order valence-corrected chi connectivity index (χ3v) is 5.97. The maximum absolute atomic E-state index is 13.1. The number of amides is 2. The SMILES string of the molecule is C[C@@H](C(=O)NCc1ccc(C(=N)N)nc1)N(C)C(=O)[C@@H](CC1CCCCC1)NCC(=O)O. The molecule has 2 amide bonds.